The normalized spacial score (nSPS) is 17.1. The van der Waals surface area contributed by atoms with Gasteiger partial charge in [0.2, 0.25) is 5.17 Å². The predicted octanol–water partition coefficient (Wildman–Crippen LogP) is 3.46. The number of aliphatic imine (C=N–C) groups is 1. The molecule has 0 atom stereocenters. The molecule has 22 heavy (non-hydrogen) atoms. The highest BCUT2D eigenvalue weighted by atomic mass is 79.9. The zero-order valence-electron chi connectivity index (χ0n) is 11.9. The lowest BCUT2D eigenvalue weighted by Crippen LogP contribution is -1.99. The van der Waals surface area contributed by atoms with E-state index in [1.165, 1.54) is 0 Å². The topological polar surface area (TPSA) is 76.0 Å². The molecule has 3 rings (SSSR count). The summed E-state index contributed by atoms with van der Waals surface area (Å²) in [7, 11) is 0. The van der Waals surface area contributed by atoms with Gasteiger partial charge in [-0.3, -0.25) is 0 Å². The van der Waals surface area contributed by atoms with Gasteiger partial charge in [-0.1, -0.05) is 45.0 Å². The van der Waals surface area contributed by atoms with Gasteiger partial charge in [-0.25, -0.2) is 9.62 Å². The summed E-state index contributed by atoms with van der Waals surface area (Å²) >= 11 is 4.99. The Morgan fingerprint density at radius 2 is 2.05 bits per heavy atom. The lowest BCUT2D eigenvalue weighted by Gasteiger charge is -1.98. The first-order chi connectivity index (χ1) is 10.6. The van der Waals surface area contributed by atoms with Crippen molar-refractivity contribution in [3.05, 3.63) is 45.7 Å². The summed E-state index contributed by atoms with van der Waals surface area (Å²) in [5, 5.41) is 16.5. The second-order valence-electron chi connectivity index (χ2n) is 4.62. The third kappa shape index (κ3) is 3.33. The van der Waals surface area contributed by atoms with Crippen molar-refractivity contribution in [2.24, 2.45) is 15.2 Å². The largest absolute Gasteiger partial charge is 0.244 e. The van der Waals surface area contributed by atoms with Gasteiger partial charge in [0.1, 0.15) is 5.69 Å². The van der Waals surface area contributed by atoms with Crippen LogP contribution in [0.2, 0.25) is 0 Å². The van der Waals surface area contributed by atoms with E-state index >= 15 is 0 Å². The number of halogens is 1. The summed E-state index contributed by atoms with van der Waals surface area (Å²) in [6.07, 6.45) is 0. The van der Waals surface area contributed by atoms with Crippen molar-refractivity contribution >= 4 is 44.3 Å². The molecule has 1 aliphatic heterocycles. The Kier molecular flexibility index (Phi) is 4.49. The van der Waals surface area contributed by atoms with Crippen molar-refractivity contribution in [2.45, 2.75) is 13.8 Å². The third-order valence-corrected chi connectivity index (χ3v) is 4.40. The van der Waals surface area contributed by atoms with Crippen molar-refractivity contribution in [1.29, 1.82) is 0 Å². The summed E-state index contributed by atoms with van der Waals surface area (Å²) in [4.78, 5) is 4.51. The van der Waals surface area contributed by atoms with E-state index in [9.17, 15) is 0 Å². The molecule has 0 saturated heterocycles. The van der Waals surface area contributed by atoms with Crippen LogP contribution in [-0.4, -0.2) is 32.7 Å². The van der Waals surface area contributed by atoms with Crippen LogP contribution >= 0.6 is 27.7 Å². The number of nitrogens with zero attached hydrogens (tertiary/aromatic N) is 5. The fourth-order valence-corrected chi connectivity index (χ4v) is 2.91. The molecule has 0 saturated carbocycles. The highest BCUT2D eigenvalue weighted by Gasteiger charge is 2.15. The van der Waals surface area contributed by atoms with Gasteiger partial charge >= 0.3 is 0 Å². The Bertz CT molecular complexity index is 779. The molecular formula is C14H12BrN5OS. The second-order valence-corrected chi connectivity index (χ2v) is 6.48. The second kappa shape index (κ2) is 6.53. The van der Waals surface area contributed by atoms with Crippen LogP contribution in [0.5, 0.6) is 0 Å². The maximum atomic E-state index is 4.66. The lowest BCUT2D eigenvalue weighted by atomic mass is 10.1. The number of aromatic nitrogens is 2. The standard InChI is InChI=1S/C14H12BrN5OS/c1-8(13-9(2)19-21-20-13)17-18-14-16-12(7-22-14)10-3-5-11(15)6-4-10/h3-6H,7H2,1-2H3. The van der Waals surface area contributed by atoms with Crippen molar-refractivity contribution in [3.8, 4) is 0 Å². The van der Waals surface area contributed by atoms with Crippen molar-refractivity contribution < 1.29 is 4.63 Å². The molecule has 0 aliphatic carbocycles. The van der Waals surface area contributed by atoms with Gasteiger partial charge in [-0.15, -0.1) is 5.10 Å². The molecule has 112 valence electrons. The summed E-state index contributed by atoms with van der Waals surface area (Å²) < 4.78 is 5.71. The minimum Gasteiger partial charge on any atom is -0.244 e. The van der Waals surface area contributed by atoms with Crippen molar-refractivity contribution in [2.75, 3.05) is 5.75 Å². The van der Waals surface area contributed by atoms with Gasteiger partial charge in [0.05, 0.1) is 11.4 Å². The maximum Gasteiger partial charge on any atom is 0.209 e. The molecule has 0 unspecified atom stereocenters. The van der Waals surface area contributed by atoms with Crippen LogP contribution in [0.3, 0.4) is 0 Å². The maximum absolute atomic E-state index is 4.66. The van der Waals surface area contributed by atoms with E-state index in [2.05, 4.69) is 46.1 Å². The van der Waals surface area contributed by atoms with Crippen LogP contribution < -0.4 is 0 Å². The minimum atomic E-state index is 0.615. The number of rotatable bonds is 3. The fourth-order valence-electron chi connectivity index (χ4n) is 1.88. The van der Waals surface area contributed by atoms with E-state index in [0.717, 1.165) is 21.5 Å². The fraction of sp³-hybridized carbons (Fsp3) is 0.214. The van der Waals surface area contributed by atoms with Gasteiger partial charge in [0.25, 0.3) is 0 Å². The van der Waals surface area contributed by atoms with Gasteiger partial charge in [0, 0.05) is 10.2 Å². The van der Waals surface area contributed by atoms with E-state index in [-0.39, 0.29) is 0 Å². The first kappa shape index (κ1) is 15.1. The Balaban J connectivity index is 1.79. The summed E-state index contributed by atoms with van der Waals surface area (Å²) in [5.41, 5.74) is 4.06. The molecule has 0 bridgehead atoms. The minimum absolute atomic E-state index is 0.615. The number of benzene rings is 1. The number of amidine groups is 1. The first-order valence-corrected chi connectivity index (χ1v) is 8.29. The molecule has 2 heterocycles. The molecule has 0 amide bonds. The van der Waals surface area contributed by atoms with Crippen LogP contribution in [-0.2, 0) is 0 Å². The van der Waals surface area contributed by atoms with E-state index in [0.29, 0.717) is 22.3 Å². The Morgan fingerprint density at radius 3 is 2.73 bits per heavy atom. The van der Waals surface area contributed by atoms with Crippen LogP contribution in [0.4, 0.5) is 0 Å². The molecule has 1 aliphatic rings. The van der Waals surface area contributed by atoms with E-state index in [4.69, 9.17) is 0 Å². The molecule has 6 nitrogen and oxygen atoms in total. The van der Waals surface area contributed by atoms with Gasteiger partial charge < -0.3 is 0 Å². The molecule has 1 aromatic carbocycles. The van der Waals surface area contributed by atoms with E-state index in [1.54, 1.807) is 11.8 Å². The number of hydrogen-bond acceptors (Lipinski definition) is 6. The molecule has 0 radical (unpaired) electrons. The zero-order valence-corrected chi connectivity index (χ0v) is 14.3. The Hall–Kier alpha value is -1.80. The van der Waals surface area contributed by atoms with Crippen LogP contribution in [0.15, 0.2) is 48.6 Å². The molecule has 8 heteroatoms. The monoisotopic (exact) mass is 377 g/mol. The van der Waals surface area contributed by atoms with Gasteiger partial charge in [0.15, 0.2) is 5.69 Å². The van der Waals surface area contributed by atoms with Crippen LogP contribution in [0.1, 0.15) is 23.9 Å². The molecule has 0 fully saturated rings. The zero-order chi connectivity index (χ0) is 15.5. The van der Waals surface area contributed by atoms with Crippen LogP contribution in [0.25, 0.3) is 0 Å². The average Bonchev–Trinajstić information content (AvgIpc) is 3.14. The lowest BCUT2D eigenvalue weighted by molar-refractivity contribution is 0.304. The Labute approximate surface area is 139 Å². The summed E-state index contributed by atoms with van der Waals surface area (Å²) in [6.45, 7) is 3.63. The van der Waals surface area contributed by atoms with E-state index < -0.39 is 0 Å². The Morgan fingerprint density at radius 1 is 1.27 bits per heavy atom. The van der Waals surface area contributed by atoms with E-state index in [1.807, 2.05) is 38.1 Å². The smallest absolute Gasteiger partial charge is 0.209 e. The van der Waals surface area contributed by atoms with Crippen molar-refractivity contribution in [3.63, 3.8) is 0 Å². The molecule has 1 aromatic heterocycles. The number of hydrogen-bond donors (Lipinski definition) is 0. The first-order valence-electron chi connectivity index (χ1n) is 6.51. The van der Waals surface area contributed by atoms with Crippen LogP contribution in [0, 0.1) is 6.92 Å². The predicted molar refractivity (Wildman–Crippen MR) is 91.8 cm³/mol. The summed E-state index contributed by atoms with van der Waals surface area (Å²) in [5.74, 6) is 0.791. The molecule has 0 spiro atoms. The molecule has 0 N–H and O–H groups in total. The number of aryl methyl sites for hydroxylation is 1. The SMILES string of the molecule is CC(=NN=C1N=C(c2ccc(Br)cc2)CS1)c1nonc1C. The number of thioether (sulfide) groups is 1. The average molecular weight is 378 g/mol. The van der Waals surface area contributed by atoms with Crippen molar-refractivity contribution in [1.82, 2.24) is 10.3 Å². The van der Waals surface area contributed by atoms with Gasteiger partial charge in [-0.2, -0.15) is 5.10 Å². The van der Waals surface area contributed by atoms with Gasteiger partial charge in [-0.05, 0) is 36.7 Å². The third-order valence-electron chi connectivity index (χ3n) is 3.03. The highest BCUT2D eigenvalue weighted by Crippen LogP contribution is 2.21. The summed E-state index contributed by atoms with van der Waals surface area (Å²) in [6, 6.07) is 8.07. The molecule has 2 aromatic rings. The highest BCUT2D eigenvalue weighted by molar-refractivity contribution is 9.10. The quantitative estimate of drug-likeness (QED) is 0.606. The molecular weight excluding hydrogens is 366 g/mol.